The van der Waals surface area contributed by atoms with E-state index >= 15 is 0 Å². The number of benzene rings is 1. The number of hydrogen-bond donors (Lipinski definition) is 4. The van der Waals surface area contributed by atoms with E-state index in [2.05, 4.69) is 20.5 Å². The maximum Gasteiger partial charge on any atom is 0.246 e. The highest BCUT2D eigenvalue weighted by molar-refractivity contribution is 5.97. The van der Waals surface area contributed by atoms with Gasteiger partial charge in [-0.25, -0.2) is 0 Å². The van der Waals surface area contributed by atoms with Crippen LogP contribution in [0.2, 0.25) is 0 Å². The first-order valence-corrected chi connectivity index (χ1v) is 14.1. The highest BCUT2D eigenvalue weighted by Crippen LogP contribution is 2.34. The standard InChI is InChI=1S/C29H42N6O4/c1-19(2)26(27(30)38)32-28(39)29(12-11-24-22(17-29)21-9-5-6-10-23(21)31-24)33-25(37)18-35(20(3)36)16-15-34-13-7-4-8-14-34/h5-6,9-10,19,26,31H,4,7-8,11-18H2,1-3H3,(H2,30,38)(H,32,39)(H,33,37)/t26-,29?/m0/s1. The molecule has 10 nitrogen and oxygen atoms in total. The first-order valence-electron chi connectivity index (χ1n) is 14.1. The molecule has 1 fully saturated rings. The lowest BCUT2D eigenvalue weighted by molar-refractivity contribution is -0.139. The second kappa shape index (κ2) is 12.2. The van der Waals surface area contributed by atoms with Crippen LogP contribution < -0.4 is 16.4 Å². The summed E-state index contributed by atoms with van der Waals surface area (Å²) in [7, 11) is 0. The van der Waals surface area contributed by atoms with Gasteiger partial charge in [-0.15, -0.1) is 0 Å². The summed E-state index contributed by atoms with van der Waals surface area (Å²) in [6.07, 6.45) is 4.69. The summed E-state index contributed by atoms with van der Waals surface area (Å²) in [6.45, 7) is 8.13. The van der Waals surface area contributed by atoms with Crippen molar-refractivity contribution < 1.29 is 19.2 Å². The van der Waals surface area contributed by atoms with Crippen molar-refractivity contribution in [3.63, 3.8) is 0 Å². The second-order valence-corrected chi connectivity index (χ2v) is 11.4. The minimum Gasteiger partial charge on any atom is -0.368 e. The molecule has 10 heteroatoms. The zero-order valence-corrected chi connectivity index (χ0v) is 23.3. The summed E-state index contributed by atoms with van der Waals surface area (Å²) < 4.78 is 0. The summed E-state index contributed by atoms with van der Waals surface area (Å²) in [5.41, 5.74) is 7.30. The monoisotopic (exact) mass is 538 g/mol. The molecule has 1 aliphatic carbocycles. The maximum absolute atomic E-state index is 13.9. The van der Waals surface area contributed by atoms with E-state index in [0.717, 1.165) is 48.1 Å². The average molecular weight is 539 g/mol. The number of rotatable bonds is 10. The van der Waals surface area contributed by atoms with Crippen LogP contribution in [0.15, 0.2) is 24.3 Å². The predicted molar refractivity (Wildman–Crippen MR) is 150 cm³/mol. The number of nitrogens with zero attached hydrogens (tertiary/aromatic N) is 2. The molecule has 0 bridgehead atoms. The molecule has 4 amide bonds. The topological polar surface area (TPSA) is 141 Å². The number of hydrogen-bond acceptors (Lipinski definition) is 5. The molecule has 2 heterocycles. The normalized spacial score (nSPS) is 20.3. The molecule has 5 N–H and O–H groups in total. The van der Waals surface area contributed by atoms with Crippen molar-refractivity contribution in [2.75, 3.05) is 32.7 Å². The Kier molecular flexibility index (Phi) is 8.94. The van der Waals surface area contributed by atoms with E-state index in [1.54, 1.807) is 0 Å². The van der Waals surface area contributed by atoms with Gasteiger partial charge in [-0.3, -0.25) is 19.2 Å². The third-order valence-corrected chi connectivity index (χ3v) is 8.17. The fraction of sp³-hybridized carbons (Fsp3) is 0.586. The van der Waals surface area contributed by atoms with Crippen molar-refractivity contribution in [2.24, 2.45) is 11.7 Å². The van der Waals surface area contributed by atoms with E-state index in [1.807, 2.05) is 38.1 Å². The third-order valence-electron chi connectivity index (χ3n) is 8.17. The molecule has 2 aliphatic rings. The number of carbonyl (C=O) groups excluding carboxylic acids is 4. The number of aromatic amines is 1. The molecule has 2 atom stereocenters. The van der Waals surface area contributed by atoms with E-state index in [9.17, 15) is 19.2 Å². The molecule has 0 spiro atoms. The van der Waals surface area contributed by atoms with Crippen LogP contribution in [0.3, 0.4) is 0 Å². The molecule has 0 saturated carbocycles. The fourth-order valence-electron chi connectivity index (χ4n) is 5.88. The molecule has 1 saturated heterocycles. The van der Waals surface area contributed by atoms with Gasteiger partial charge >= 0.3 is 0 Å². The number of aryl methyl sites for hydroxylation is 1. The lowest BCUT2D eigenvalue weighted by Gasteiger charge is -2.38. The predicted octanol–water partition coefficient (Wildman–Crippen LogP) is 1.47. The van der Waals surface area contributed by atoms with Crippen LogP contribution in [0.5, 0.6) is 0 Å². The fourth-order valence-corrected chi connectivity index (χ4v) is 5.88. The average Bonchev–Trinajstić information content (AvgIpc) is 3.27. The Morgan fingerprint density at radius 3 is 2.51 bits per heavy atom. The number of piperidine rings is 1. The summed E-state index contributed by atoms with van der Waals surface area (Å²) in [6, 6.07) is 7.02. The van der Waals surface area contributed by atoms with Gasteiger partial charge in [0.2, 0.25) is 23.6 Å². The van der Waals surface area contributed by atoms with Crippen molar-refractivity contribution >= 4 is 34.5 Å². The van der Waals surface area contributed by atoms with Crippen LogP contribution in [0.1, 0.15) is 57.7 Å². The number of para-hydroxylation sites is 1. The molecule has 1 aromatic carbocycles. The molecule has 2 aromatic rings. The van der Waals surface area contributed by atoms with Crippen molar-refractivity contribution in [2.45, 2.75) is 70.9 Å². The van der Waals surface area contributed by atoms with Gasteiger partial charge < -0.3 is 31.2 Å². The Morgan fingerprint density at radius 2 is 1.85 bits per heavy atom. The Morgan fingerprint density at radius 1 is 1.13 bits per heavy atom. The Balaban J connectivity index is 1.56. The summed E-state index contributed by atoms with van der Waals surface area (Å²) in [4.78, 5) is 59.1. The number of nitrogens with two attached hydrogens (primary N) is 1. The second-order valence-electron chi connectivity index (χ2n) is 11.4. The van der Waals surface area contributed by atoms with Crippen molar-refractivity contribution in [1.82, 2.24) is 25.4 Å². The van der Waals surface area contributed by atoms with Crippen LogP contribution in [0, 0.1) is 5.92 Å². The number of amides is 4. The Labute approximate surface area is 230 Å². The van der Waals surface area contributed by atoms with Crippen LogP contribution in [0.4, 0.5) is 0 Å². The molecule has 4 rings (SSSR count). The van der Waals surface area contributed by atoms with Gasteiger partial charge in [-0.2, -0.15) is 0 Å². The minimum absolute atomic E-state index is 0.137. The Hall–Kier alpha value is -3.40. The number of carbonyl (C=O) groups is 4. The molecule has 0 radical (unpaired) electrons. The van der Waals surface area contributed by atoms with Gasteiger partial charge in [0.25, 0.3) is 0 Å². The lowest BCUT2D eigenvalue weighted by atomic mass is 9.78. The number of likely N-dealkylation sites (tertiary alicyclic amines) is 1. The number of aromatic nitrogens is 1. The summed E-state index contributed by atoms with van der Waals surface area (Å²) in [5, 5.41) is 6.83. The van der Waals surface area contributed by atoms with Gasteiger partial charge in [0.15, 0.2) is 0 Å². The molecule has 39 heavy (non-hydrogen) atoms. The molecular weight excluding hydrogens is 496 g/mol. The van der Waals surface area contributed by atoms with Crippen LogP contribution in [-0.2, 0) is 32.0 Å². The highest BCUT2D eigenvalue weighted by Gasteiger charge is 2.45. The van der Waals surface area contributed by atoms with Gasteiger partial charge in [0, 0.05) is 43.0 Å². The number of primary amides is 1. The molecule has 212 valence electrons. The zero-order chi connectivity index (χ0) is 28.2. The largest absolute Gasteiger partial charge is 0.368 e. The van der Waals surface area contributed by atoms with Gasteiger partial charge in [0.1, 0.15) is 11.6 Å². The van der Waals surface area contributed by atoms with E-state index < -0.39 is 29.3 Å². The maximum atomic E-state index is 13.9. The first kappa shape index (κ1) is 28.6. The first-order chi connectivity index (χ1) is 18.6. The third kappa shape index (κ3) is 6.61. The van der Waals surface area contributed by atoms with E-state index in [4.69, 9.17) is 5.73 Å². The lowest BCUT2D eigenvalue weighted by Crippen LogP contribution is -2.65. The van der Waals surface area contributed by atoms with Crippen molar-refractivity contribution in [1.29, 1.82) is 0 Å². The summed E-state index contributed by atoms with van der Waals surface area (Å²) >= 11 is 0. The van der Waals surface area contributed by atoms with Crippen LogP contribution in [-0.4, -0.2) is 82.7 Å². The minimum atomic E-state index is -1.28. The van der Waals surface area contributed by atoms with Crippen LogP contribution >= 0.6 is 0 Å². The molecule has 1 unspecified atom stereocenters. The van der Waals surface area contributed by atoms with Crippen molar-refractivity contribution in [3.8, 4) is 0 Å². The van der Waals surface area contributed by atoms with Crippen molar-refractivity contribution in [3.05, 3.63) is 35.5 Å². The Bertz CT molecular complexity index is 1220. The summed E-state index contributed by atoms with van der Waals surface area (Å²) in [5.74, 6) is -1.86. The van der Waals surface area contributed by atoms with E-state index in [-0.39, 0.29) is 24.8 Å². The van der Waals surface area contributed by atoms with Gasteiger partial charge in [-0.05, 0) is 56.3 Å². The quantitative estimate of drug-likeness (QED) is 0.363. The van der Waals surface area contributed by atoms with Crippen LogP contribution in [0.25, 0.3) is 10.9 Å². The molecular formula is C29H42N6O4. The SMILES string of the molecule is CC(=O)N(CCN1CCCCC1)CC(=O)NC1(C(=O)N[C@H](C(N)=O)C(C)C)CCc2[nH]c3ccccc3c2C1. The zero-order valence-electron chi connectivity index (χ0n) is 23.3. The van der Waals surface area contributed by atoms with Gasteiger partial charge in [-0.1, -0.05) is 38.5 Å². The molecule has 1 aromatic heterocycles. The smallest absolute Gasteiger partial charge is 0.246 e. The highest BCUT2D eigenvalue weighted by atomic mass is 16.2. The van der Waals surface area contributed by atoms with E-state index in [0.29, 0.717) is 25.9 Å². The molecule has 1 aliphatic heterocycles. The van der Waals surface area contributed by atoms with Gasteiger partial charge in [0.05, 0.1) is 6.54 Å². The number of nitrogens with one attached hydrogen (secondary N) is 3. The number of H-pyrrole nitrogens is 1. The number of fused-ring (bicyclic) bond motifs is 3. The van der Waals surface area contributed by atoms with E-state index in [1.165, 1.54) is 18.2 Å².